The first-order valence-corrected chi connectivity index (χ1v) is 5.73. The third kappa shape index (κ3) is 10.8. The molecule has 0 spiro atoms. The maximum absolute atomic E-state index is 10.9. The molecule has 0 saturated heterocycles. The number of carbonyl (C=O) groups excluding carboxylic acids is 1. The maximum Gasteiger partial charge on any atom is 0.311 e. The van der Waals surface area contributed by atoms with Crippen LogP contribution < -0.4 is 0 Å². The zero-order chi connectivity index (χ0) is 12.2. The minimum Gasteiger partial charge on any atom is -0.481 e. The molecular formula is C12H20O4. The van der Waals surface area contributed by atoms with Crippen molar-refractivity contribution in [1.29, 1.82) is 0 Å². The minimum absolute atomic E-state index is 0.0739. The van der Waals surface area contributed by atoms with E-state index in [1.54, 1.807) is 6.08 Å². The second-order valence-electron chi connectivity index (χ2n) is 3.60. The number of carboxylic acids is 1. The molecule has 0 aliphatic heterocycles. The van der Waals surface area contributed by atoms with Gasteiger partial charge in [-0.3, -0.25) is 9.59 Å². The van der Waals surface area contributed by atoms with Gasteiger partial charge in [0.25, 0.3) is 0 Å². The van der Waals surface area contributed by atoms with Crippen molar-refractivity contribution in [3.05, 3.63) is 12.3 Å². The molecule has 0 saturated carbocycles. The van der Waals surface area contributed by atoms with Crippen LogP contribution in [0.1, 0.15) is 51.9 Å². The first kappa shape index (κ1) is 14.7. The Labute approximate surface area is 96.3 Å². The zero-order valence-corrected chi connectivity index (χ0v) is 9.78. The second kappa shape index (κ2) is 10.2. The summed E-state index contributed by atoms with van der Waals surface area (Å²) in [6.45, 7) is 2.15. The van der Waals surface area contributed by atoms with Gasteiger partial charge < -0.3 is 9.84 Å². The van der Waals surface area contributed by atoms with Crippen LogP contribution in [0, 0.1) is 0 Å². The Morgan fingerprint density at radius 2 is 1.94 bits per heavy atom. The summed E-state index contributed by atoms with van der Waals surface area (Å²) in [5.74, 6) is -1.48. The monoisotopic (exact) mass is 228 g/mol. The van der Waals surface area contributed by atoms with Gasteiger partial charge in [-0.2, -0.15) is 0 Å². The molecule has 0 bridgehead atoms. The molecule has 0 aromatic rings. The first-order chi connectivity index (χ1) is 7.66. The summed E-state index contributed by atoms with van der Waals surface area (Å²) in [6, 6.07) is 0. The number of hydrogen-bond donors (Lipinski definition) is 1. The highest BCUT2D eigenvalue weighted by molar-refractivity contribution is 5.76. The average Bonchev–Trinajstić information content (AvgIpc) is 2.25. The van der Waals surface area contributed by atoms with Crippen molar-refractivity contribution >= 4 is 11.9 Å². The number of ether oxygens (including phenoxy) is 1. The lowest BCUT2D eigenvalue weighted by molar-refractivity contribution is -0.144. The summed E-state index contributed by atoms with van der Waals surface area (Å²) in [7, 11) is 0. The summed E-state index contributed by atoms with van der Waals surface area (Å²) in [5.41, 5.74) is 0. The molecule has 4 nitrogen and oxygen atoms in total. The Morgan fingerprint density at radius 1 is 1.19 bits per heavy atom. The molecule has 0 aliphatic rings. The van der Waals surface area contributed by atoms with E-state index in [1.165, 1.54) is 25.5 Å². The fourth-order valence-electron chi connectivity index (χ4n) is 1.15. The van der Waals surface area contributed by atoms with Crippen molar-refractivity contribution in [3.8, 4) is 0 Å². The number of aliphatic carboxylic acids is 1. The maximum atomic E-state index is 10.9. The molecule has 0 aliphatic carbocycles. The van der Waals surface area contributed by atoms with E-state index in [0.29, 0.717) is 0 Å². The summed E-state index contributed by atoms with van der Waals surface area (Å²) in [5, 5.41) is 8.33. The summed E-state index contributed by atoms with van der Waals surface area (Å²) < 4.78 is 4.72. The number of allylic oxidation sites excluding steroid dienone is 1. The quantitative estimate of drug-likeness (QED) is 0.374. The summed E-state index contributed by atoms with van der Waals surface area (Å²) in [4.78, 5) is 21.1. The highest BCUT2D eigenvalue weighted by atomic mass is 16.5. The van der Waals surface area contributed by atoms with Gasteiger partial charge in [0.1, 0.15) is 0 Å². The third-order valence-corrected chi connectivity index (χ3v) is 2.06. The van der Waals surface area contributed by atoms with Crippen molar-refractivity contribution in [2.45, 2.75) is 51.9 Å². The normalized spacial score (nSPS) is 10.6. The van der Waals surface area contributed by atoms with Crippen molar-refractivity contribution < 1.29 is 19.4 Å². The largest absolute Gasteiger partial charge is 0.481 e. The molecular weight excluding hydrogens is 208 g/mol. The molecule has 0 fully saturated rings. The fraction of sp³-hybridized carbons (Fsp3) is 0.667. The van der Waals surface area contributed by atoms with Gasteiger partial charge in [-0.25, -0.2) is 0 Å². The molecule has 0 amide bonds. The lowest BCUT2D eigenvalue weighted by atomic mass is 10.1. The van der Waals surface area contributed by atoms with Gasteiger partial charge in [0, 0.05) is 0 Å². The van der Waals surface area contributed by atoms with Crippen LogP contribution in [0.4, 0.5) is 0 Å². The Kier molecular flexibility index (Phi) is 9.36. The number of carbonyl (C=O) groups is 2. The summed E-state index contributed by atoms with van der Waals surface area (Å²) in [6.07, 6.45) is 8.51. The van der Waals surface area contributed by atoms with Crippen LogP contribution in [-0.4, -0.2) is 17.0 Å². The van der Waals surface area contributed by atoms with E-state index in [4.69, 9.17) is 9.84 Å². The van der Waals surface area contributed by atoms with E-state index >= 15 is 0 Å². The van der Waals surface area contributed by atoms with E-state index in [9.17, 15) is 9.59 Å². The van der Waals surface area contributed by atoms with Crippen LogP contribution in [-0.2, 0) is 14.3 Å². The van der Waals surface area contributed by atoms with Crippen LogP contribution in [0.2, 0.25) is 0 Å². The molecule has 0 atom stereocenters. The average molecular weight is 228 g/mol. The smallest absolute Gasteiger partial charge is 0.311 e. The topological polar surface area (TPSA) is 63.6 Å². The molecule has 1 N–H and O–H groups in total. The van der Waals surface area contributed by atoms with Crippen molar-refractivity contribution in [1.82, 2.24) is 0 Å². The van der Waals surface area contributed by atoms with Gasteiger partial charge in [0.15, 0.2) is 0 Å². The highest BCUT2D eigenvalue weighted by Crippen LogP contribution is 2.03. The predicted molar refractivity (Wildman–Crippen MR) is 60.9 cm³/mol. The number of rotatable bonds is 9. The van der Waals surface area contributed by atoms with Gasteiger partial charge in [-0.15, -0.1) is 0 Å². The van der Waals surface area contributed by atoms with Crippen molar-refractivity contribution in [2.24, 2.45) is 0 Å². The highest BCUT2D eigenvalue weighted by Gasteiger charge is 2.04. The molecule has 16 heavy (non-hydrogen) atoms. The predicted octanol–water partition coefficient (Wildman–Crippen LogP) is 2.88. The Morgan fingerprint density at radius 3 is 2.56 bits per heavy atom. The molecule has 4 heteroatoms. The van der Waals surface area contributed by atoms with Gasteiger partial charge in [-0.05, 0) is 18.9 Å². The van der Waals surface area contributed by atoms with Gasteiger partial charge in [0.2, 0.25) is 0 Å². The molecule has 0 rings (SSSR count). The van der Waals surface area contributed by atoms with Crippen molar-refractivity contribution in [3.63, 3.8) is 0 Å². The van der Waals surface area contributed by atoms with E-state index in [1.807, 2.05) is 0 Å². The van der Waals surface area contributed by atoms with E-state index in [-0.39, 0.29) is 12.8 Å². The Hall–Kier alpha value is -1.32. The number of esters is 1. The molecule has 0 heterocycles. The van der Waals surface area contributed by atoms with Gasteiger partial charge >= 0.3 is 11.9 Å². The SMILES string of the molecule is CCCCCCC=COC(=O)CCC(=O)O. The number of hydrogen-bond acceptors (Lipinski definition) is 3. The first-order valence-electron chi connectivity index (χ1n) is 5.73. The molecule has 0 aromatic carbocycles. The summed E-state index contributed by atoms with van der Waals surface area (Å²) >= 11 is 0. The molecule has 92 valence electrons. The van der Waals surface area contributed by atoms with Crippen LogP contribution >= 0.6 is 0 Å². The van der Waals surface area contributed by atoms with E-state index in [0.717, 1.165) is 12.8 Å². The molecule has 0 unspecified atom stereocenters. The van der Waals surface area contributed by atoms with Crippen molar-refractivity contribution in [2.75, 3.05) is 0 Å². The zero-order valence-electron chi connectivity index (χ0n) is 9.78. The minimum atomic E-state index is -0.986. The second-order valence-corrected chi connectivity index (χ2v) is 3.60. The number of carboxylic acid groups (broad SMARTS) is 1. The lowest BCUT2D eigenvalue weighted by Crippen LogP contribution is -2.03. The van der Waals surface area contributed by atoms with Gasteiger partial charge in [0.05, 0.1) is 19.1 Å². The fourth-order valence-corrected chi connectivity index (χ4v) is 1.15. The van der Waals surface area contributed by atoms with Crippen LogP contribution in [0.25, 0.3) is 0 Å². The lowest BCUT2D eigenvalue weighted by Gasteiger charge is -1.97. The van der Waals surface area contributed by atoms with E-state index < -0.39 is 11.9 Å². The van der Waals surface area contributed by atoms with E-state index in [2.05, 4.69) is 6.92 Å². The van der Waals surface area contributed by atoms with Crippen LogP contribution in [0.3, 0.4) is 0 Å². The number of unbranched alkanes of at least 4 members (excludes halogenated alkanes) is 4. The van der Waals surface area contributed by atoms with Crippen LogP contribution in [0.15, 0.2) is 12.3 Å². The molecule has 0 radical (unpaired) electrons. The Balaban J connectivity index is 3.37. The van der Waals surface area contributed by atoms with Crippen LogP contribution in [0.5, 0.6) is 0 Å². The molecule has 0 aromatic heterocycles. The third-order valence-electron chi connectivity index (χ3n) is 2.06. The Bertz CT molecular complexity index is 233. The van der Waals surface area contributed by atoms with Gasteiger partial charge in [-0.1, -0.05) is 26.2 Å². The standard InChI is InChI=1S/C12H20O4/c1-2-3-4-5-6-7-10-16-12(15)9-8-11(13)14/h7,10H,2-6,8-9H2,1H3,(H,13,14).